The Balaban J connectivity index is 2.11. The lowest BCUT2D eigenvalue weighted by Crippen LogP contribution is -2.03. The molecule has 1 aliphatic rings. The number of rotatable bonds is 1. The summed E-state index contributed by atoms with van der Waals surface area (Å²) in [4.78, 5) is 19.1. The van der Waals surface area contributed by atoms with Crippen LogP contribution in [0, 0.1) is 6.92 Å². The molecule has 18 heavy (non-hydrogen) atoms. The Hall–Kier alpha value is -2.07. The second kappa shape index (κ2) is 3.99. The number of hydrogen-bond acceptors (Lipinski definition) is 2. The van der Waals surface area contributed by atoms with Gasteiger partial charge in [0.25, 0.3) is 5.91 Å². The van der Waals surface area contributed by atoms with E-state index in [4.69, 9.17) is 11.6 Å². The zero-order valence-electron chi connectivity index (χ0n) is 9.62. The molecule has 0 unspecified atom stereocenters. The molecule has 3 rings (SSSR count). The molecule has 0 saturated carbocycles. The van der Waals surface area contributed by atoms with Crippen LogP contribution in [-0.4, -0.2) is 15.9 Å². The van der Waals surface area contributed by atoms with Crippen LogP contribution in [0.4, 0.5) is 5.69 Å². The average molecular weight is 260 g/mol. The maximum Gasteiger partial charge on any atom is 0.256 e. The van der Waals surface area contributed by atoms with Crippen molar-refractivity contribution in [1.82, 2.24) is 9.97 Å². The maximum absolute atomic E-state index is 11.9. The minimum Gasteiger partial charge on any atom is -0.343 e. The highest BCUT2D eigenvalue weighted by molar-refractivity contribution is 6.36. The molecule has 90 valence electrons. The Morgan fingerprint density at radius 1 is 1.39 bits per heavy atom. The summed E-state index contributed by atoms with van der Waals surface area (Å²) in [6.07, 6.45) is 3.45. The molecule has 2 aromatic rings. The molecular weight excluding hydrogens is 250 g/mol. The number of carbonyl (C=O) groups excluding carboxylic acids is 1. The van der Waals surface area contributed by atoms with Gasteiger partial charge in [0.15, 0.2) is 0 Å². The highest BCUT2D eigenvalue weighted by atomic mass is 35.5. The van der Waals surface area contributed by atoms with Crippen LogP contribution in [0.3, 0.4) is 0 Å². The predicted molar refractivity (Wildman–Crippen MR) is 71.3 cm³/mol. The summed E-state index contributed by atoms with van der Waals surface area (Å²) in [6.45, 7) is 1.91. The fourth-order valence-electron chi connectivity index (χ4n) is 1.95. The van der Waals surface area contributed by atoms with E-state index in [9.17, 15) is 4.79 Å². The zero-order valence-corrected chi connectivity index (χ0v) is 10.4. The smallest absolute Gasteiger partial charge is 0.256 e. The lowest BCUT2D eigenvalue weighted by atomic mass is 10.1. The molecule has 0 spiro atoms. The van der Waals surface area contributed by atoms with E-state index >= 15 is 0 Å². The van der Waals surface area contributed by atoms with Crippen molar-refractivity contribution in [3.05, 3.63) is 46.5 Å². The Morgan fingerprint density at radius 2 is 2.22 bits per heavy atom. The van der Waals surface area contributed by atoms with Crippen LogP contribution >= 0.6 is 11.6 Å². The van der Waals surface area contributed by atoms with Crippen LogP contribution < -0.4 is 5.32 Å². The number of aromatic amines is 1. The van der Waals surface area contributed by atoms with E-state index in [1.165, 1.54) is 0 Å². The molecule has 0 saturated heterocycles. The van der Waals surface area contributed by atoms with Gasteiger partial charge in [-0.05, 0) is 31.2 Å². The molecule has 1 amide bonds. The fraction of sp³-hybridized carbons (Fsp3) is 0.0769. The Labute approximate surface area is 109 Å². The van der Waals surface area contributed by atoms with E-state index < -0.39 is 0 Å². The molecule has 0 aliphatic carbocycles. The van der Waals surface area contributed by atoms with Crippen LogP contribution in [0.1, 0.15) is 17.1 Å². The highest BCUT2D eigenvalue weighted by Gasteiger charge is 2.24. The van der Waals surface area contributed by atoms with Crippen molar-refractivity contribution in [1.29, 1.82) is 0 Å². The number of hydrogen-bond donors (Lipinski definition) is 2. The van der Waals surface area contributed by atoms with Crippen LogP contribution in [0.15, 0.2) is 24.4 Å². The van der Waals surface area contributed by atoms with Gasteiger partial charge in [0.2, 0.25) is 0 Å². The van der Waals surface area contributed by atoms with Crippen LogP contribution in [0.25, 0.3) is 11.6 Å². The first kappa shape index (κ1) is 11.0. The SMILES string of the molecule is Cc1cnc(C=C2C(=O)Nc3ccc(Cl)cc32)[nH]1. The lowest BCUT2D eigenvalue weighted by molar-refractivity contribution is -0.110. The normalized spacial score (nSPS) is 15.9. The van der Waals surface area contributed by atoms with Gasteiger partial charge in [0.1, 0.15) is 5.82 Å². The standard InChI is InChI=1S/C13H10ClN3O/c1-7-6-15-12(16-7)5-10-9-4-8(14)2-3-11(9)17-13(10)18/h2-6H,1H3,(H,15,16)(H,17,18). The first-order valence-electron chi connectivity index (χ1n) is 5.48. The molecule has 0 bridgehead atoms. The molecule has 1 aliphatic heterocycles. The number of carbonyl (C=O) groups is 1. The molecule has 2 heterocycles. The first-order chi connectivity index (χ1) is 8.63. The van der Waals surface area contributed by atoms with Crippen LogP contribution in [0.2, 0.25) is 5.02 Å². The number of nitrogens with one attached hydrogen (secondary N) is 2. The molecule has 0 radical (unpaired) electrons. The summed E-state index contributed by atoms with van der Waals surface area (Å²) < 4.78 is 0. The minimum atomic E-state index is -0.138. The van der Waals surface area contributed by atoms with E-state index in [0.29, 0.717) is 16.4 Å². The minimum absolute atomic E-state index is 0.138. The van der Waals surface area contributed by atoms with E-state index in [1.807, 2.05) is 6.92 Å². The van der Waals surface area contributed by atoms with E-state index in [0.717, 1.165) is 16.9 Å². The van der Waals surface area contributed by atoms with Gasteiger partial charge in [-0.2, -0.15) is 0 Å². The van der Waals surface area contributed by atoms with Crippen molar-refractivity contribution < 1.29 is 4.79 Å². The van der Waals surface area contributed by atoms with Crippen molar-refractivity contribution in [3.8, 4) is 0 Å². The second-order valence-corrected chi connectivity index (χ2v) is 4.59. The Morgan fingerprint density at radius 3 is 2.94 bits per heavy atom. The van der Waals surface area contributed by atoms with Crippen LogP contribution in [-0.2, 0) is 4.79 Å². The fourth-order valence-corrected chi connectivity index (χ4v) is 2.12. The number of aromatic nitrogens is 2. The Kier molecular flexibility index (Phi) is 2.45. The summed E-state index contributed by atoms with van der Waals surface area (Å²) in [6, 6.07) is 5.32. The van der Waals surface area contributed by atoms with Gasteiger partial charge in [-0.3, -0.25) is 4.79 Å². The molecule has 4 nitrogen and oxygen atoms in total. The summed E-state index contributed by atoms with van der Waals surface area (Å²) >= 11 is 5.95. The third-order valence-electron chi connectivity index (χ3n) is 2.77. The third-order valence-corrected chi connectivity index (χ3v) is 3.00. The average Bonchev–Trinajstić information content (AvgIpc) is 2.86. The largest absolute Gasteiger partial charge is 0.343 e. The van der Waals surface area contributed by atoms with Gasteiger partial charge >= 0.3 is 0 Å². The molecule has 2 N–H and O–H groups in total. The van der Waals surface area contributed by atoms with Gasteiger partial charge in [-0.1, -0.05) is 11.6 Å². The number of imidazole rings is 1. The highest BCUT2D eigenvalue weighted by Crippen LogP contribution is 2.34. The molecule has 0 atom stereocenters. The number of nitrogens with zero attached hydrogens (tertiary/aromatic N) is 1. The van der Waals surface area contributed by atoms with Gasteiger partial charge in [0, 0.05) is 28.2 Å². The number of halogens is 1. The van der Waals surface area contributed by atoms with E-state index in [2.05, 4.69) is 15.3 Å². The van der Waals surface area contributed by atoms with Crippen molar-refractivity contribution in [3.63, 3.8) is 0 Å². The van der Waals surface area contributed by atoms with Crippen LogP contribution in [0.5, 0.6) is 0 Å². The van der Waals surface area contributed by atoms with E-state index in [-0.39, 0.29) is 5.91 Å². The van der Waals surface area contributed by atoms with Gasteiger partial charge in [-0.25, -0.2) is 4.98 Å². The predicted octanol–water partition coefficient (Wildman–Crippen LogP) is 2.86. The summed E-state index contributed by atoms with van der Waals surface area (Å²) in [5.74, 6) is 0.520. The molecule has 1 aromatic carbocycles. The van der Waals surface area contributed by atoms with Gasteiger partial charge < -0.3 is 10.3 Å². The zero-order chi connectivity index (χ0) is 12.7. The third kappa shape index (κ3) is 1.80. The monoisotopic (exact) mass is 259 g/mol. The second-order valence-electron chi connectivity index (χ2n) is 4.15. The number of H-pyrrole nitrogens is 1. The Bertz CT molecular complexity index is 673. The molecule has 0 fully saturated rings. The van der Waals surface area contributed by atoms with Crippen molar-refractivity contribution in [2.75, 3.05) is 5.32 Å². The number of benzene rings is 1. The summed E-state index contributed by atoms with van der Waals surface area (Å²) in [5.41, 5.74) is 3.11. The van der Waals surface area contributed by atoms with Crippen molar-refractivity contribution in [2.45, 2.75) is 6.92 Å². The van der Waals surface area contributed by atoms with Crippen molar-refractivity contribution in [2.24, 2.45) is 0 Å². The number of amides is 1. The quantitative estimate of drug-likeness (QED) is 0.774. The first-order valence-corrected chi connectivity index (χ1v) is 5.86. The van der Waals surface area contributed by atoms with Gasteiger partial charge in [0.05, 0.1) is 5.57 Å². The molecule has 5 heteroatoms. The summed E-state index contributed by atoms with van der Waals surface area (Å²) in [7, 11) is 0. The molecule has 1 aromatic heterocycles. The maximum atomic E-state index is 11.9. The van der Waals surface area contributed by atoms with Crippen molar-refractivity contribution >= 4 is 34.8 Å². The summed E-state index contributed by atoms with van der Waals surface area (Å²) in [5, 5.41) is 3.40. The number of fused-ring (bicyclic) bond motifs is 1. The van der Waals surface area contributed by atoms with Gasteiger partial charge in [-0.15, -0.1) is 0 Å². The number of anilines is 1. The lowest BCUT2D eigenvalue weighted by Gasteiger charge is -1.98. The van der Waals surface area contributed by atoms with E-state index in [1.54, 1.807) is 30.5 Å². The topological polar surface area (TPSA) is 57.8 Å². The number of aryl methyl sites for hydroxylation is 1. The molecular formula is C13H10ClN3O.